The summed E-state index contributed by atoms with van der Waals surface area (Å²) >= 11 is 0. The van der Waals surface area contributed by atoms with E-state index in [9.17, 15) is 18.0 Å². The largest absolute Gasteiger partial charge is 0.456 e. The van der Waals surface area contributed by atoms with E-state index in [0.29, 0.717) is 30.0 Å². The highest BCUT2D eigenvalue weighted by molar-refractivity contribution is 7.92. The summed E-state index contributed by atoms with van der Waals surface area (Å²) in [6.45, 7) is 3.21. The van der Waals surface area contributed by atoms with Gasteiger partial charge < -0.3 is 4.74 Å². The zero-order valence-corrected chi connectivity index (χ0v) is 19.1. The van der Waals surface area contributed by atoms with Gasteiger partial charge in [0, 0.05) is 17.7 Å². The van der Waals surface area contributed by atoms with Gasteiger partial charge >= 0.3 is 5.97 Å². The number of esters is 1. The average Bonchev–Trinajstić information content (AvgIpc) is 3.45. The summed E-state index contributed by atoms with van der Waals surface area (Å²) in [6, 6.07) is 12.4. The number of aryl methyl sites for hydroxylation is 1. The van der Waals surface area contributed by atoms with Crippen LogP contribution in [0.5, 0.6) is 0 Å². The van der Waals surface area contributed by atoms with Crippen LogP contribution in [-0.2, 0) is 32.5 Å². The minimum Gasteiger partial charge on any atom is -0.456 e. The van der Waals surface area contributed by atoms with E-state index in [1.54, 1.807) is 25.1 Å². The normalized spacial score (nSPS) is 13.1. The molecular formula is C22H23N5O5S. The van der Waals surface area contributed by atoms with Crippen LogP contribution in [0.15, 0.2) is 42.5 Å². The summed E-state index contributed by atoms with van der Waals surface area (Å²) in [5.41, 5.74) is 3.60. The molecule has 0 amide bonds. The number of hydrogen-bond acceptors (Lipinski definition) is 8. The number of tetrazole rings is 1. The number of carbonyl (C=O) groups excluding carboxylic acids is 2. The third-order valence-electron chi connectivity index (χ3n) is 5.35. The first-order valence-corrected chi connectivity index (χ1v) is 12.0. The second kappa shape index (κ2) is 9.10. The number of aromatic nitrogens is 4. The minimum absolute atomic E-state index is 0.0101. The molecule has 0 N–H and O–H groups in total. The SMILES string of the molecule is CCS(=O)(=O)N1CCc2cc(C(=O)COC(=O)Cn3nnc(-c4ccc(C)cc4)n3)ccc21. The molecule has 1 aliphatic heterocycles. The molecule has 4 rings (SSSR count). The molecule has 0 fully saturated rings. The van der Waals surface area contributed by atoms with E-state index in [-0.39, 0.29) is 18.1 Å². The first-order chi connectivity index (χ1) is 15.8. The number of nitrogens with zero attached hydrogens (tertiary/aromatic N) is 5. The van der Waals surface area contributed by atoms with Crippen LogP contribution in [0, 0.1) is 6.92 Å². The highest BCUT2D eigenvalue weighted by atomic mass is 32.2. The summed E-state index contributed by atoms with van der Waals surface area (Å²) < 4.78 is 30.8. The molecule has 1 aromatic heterocycles. The first kappa shape index (κ1) is 22.6. The van der Waals surface area contributed by atoms with E-state index in [1.807, 2.05) is 31.2 Å². The van der Waals surface area contributed by atoms with Crippen molar-refractivity contribution in [2.24, 2.45) is 0 Å². The number of benzene rings is 2. The van der Waals surface area contributed by atoms with Crippen LogP contribution in [0.3, 0.4) is 0 Å². The topological polar surface area (TPSA) is 124 Å². The van der Waals surface area contributed by atoms with Crippen molar-refractivity contribution in [3.63, 3.8) is 0 Å². The average molecular weight is 470 g/mol. The lowest BCUT2D eigenvalue weighted by atomic mass is 10.1. The van der Waals surface area contributed by atoms with Crippen LogP contribution in [-0.4, -0.2) is 59.3 Å². The Labute approximate surface area is 191 Å². The van der Waals surface area contributed by atoms with Gasteiger partial charge in [-0.05, 0) is 49.2 Å². The zero-order chi connectivity index (χ0) is 23.6. The smallest absolute Gasteiger partial charge is 0.330 e. The fourth-order valence-electron chi connectivity index (χ4n) is 3.51. The summed E-state index contributed by atoms with van der Waals surface area (Å²) in [6.07, 6.45) is 0.525. The Bertz CT molecular complexity index is 1300. The second-order valence-corrected chi connectivity index (χ2v) is 9.84. The number of ether oxygens (including phenoxy) is 1. The Balaban J connectivity index is 1.34. The number of Topliss-reactive ketones (excluding diaryl/α,β-unsaturated/α-hetero) is 1. The lowest BCUT2D eigenvalue weighted by Gasteiger charge is -2.18. The van der Waals surface area contributed by atoms with Gasteiger partial charge in [0.05, 0.1) is 11.4 Å². The summed E-state index contributed by atoms with van der Waals surface area (Å²) in [7, 11) is -3.35. The number of ketones is 1. The highest BCUT2D eigenvalue weighted by Crippen LogP contribution is 2.31. The standard InChI is InChI=1S/C22H23N5O5S/c1-3-33(30,31)26-11-10-17-12-18(8-9-19(17)26)20(28)14-32-21(29)13-27-24-22(23-25-27)16-6-4-15(2)5-7-16/h4-9,12H,3,10-11,13-14H2,1-2H3. The molecule has 0 saturated carbocycles. The van der Waals surface area contributed by atoms with Crippen molar-refractivity contribution in [3.05, 3.63) is 59.2 Å². The number of rotatable bonds is 8. The van der Waals surface area contributed by atoms with Gasteiger partial charge in [-0.25, -0.2) is 13.2 Å². The molecule has 2 heterocycles. The fraction of sp³-hybridized carbons (Fsp3) is 0.318. The van der Waals surface area contributed by atoms with Crippen LogP contribution in [0.4, 0.5) is 5.69 Å². The Morgan fingerprint density at radius 2 is 1.88 bits per heavy atom. The van der Waals surface area contributed by atoms with Crippen molar-refractivity contribution in [1.29, 1.82) is 0 Å². The van der Waals surface area contributed by atoms with E-state index in [1.165, 1.54) is 4.31 Å². The highest BCUT2D eigenvalue weighted by Gasteiger charge is 2.28. The maximum atomic E-state index is 12.5. The first-order valence-electron chi connectivity index (χ1n) is 10.4. The van der Waals surface area contributed by atoms with Crippen LogP contribution < -0.4 is 4.31 Å². The molecule has 11 heteroatoms. The molecule has 3 aromatic rings. The molecule has 10 nitrogen and oxygen atoms in total. The van der Waals surface area contributed by atoms with Crippen molar-refractivity contribution in [2.45, 2.75) is 26.8 Å². The second-order valence-electron chi connectivity index (χ2n) is 7.66. The Morgan fingerprint density at radius 3 is 2.61 bits per heavy atom. The van der Waals surface area contributed by atoms with Gasteiger partial charge in [-0.3, -0.25) is 9.10 Å². The number of fused-ring (bicyclic) bond motifs is 1. The molecule has 0 spiro atoms. The van der Waals surface area contributed by atoms with Gasteiger partial charge in [-0.2, -0.15) is 4.80 Å². The van der Waals surface area contributed by atoms with Gasteiger partial charge in [0.25, 0.3) is 0 Å². The molecule has 0 aliphatic carbocycles. The molecule has 172 valence electrons. The van der Waals surface area contributed by atoms with Crippen LogP contribution >= 0.6 is 0 Å². The Hall–Kier alpha value is -3.60. The van der Waals surface area contributed by atoms with Crippen molar-refractivity contribution in [1.82, 2.24) is 20.2 Å². The number of sulfonamides is 1. The molecular weight excluding hydrogens is 446 g/mol. The predicted octanol–water partition coefficient (Wildman–Crippen LogP) is 1.79. The van der Waals surface area contributed by atoms with Crippen LogP contribution in [0.25, 0.3) is 11.4 Å². The van der Waals surface area contributed by atoms with E-state index in [2.05, 4.69) is 15.4 Å². The minimum atomic E-state index is -3.35. The lowest BCUT2D eigenvalue weighted by Crippen LogP contribution is -2.30. The van der Waals surface area contributed by atoms with Crippen LogP contribution in [0.2, 0.25) is 0 Å². The van der Waals surface area contributed by atoms with Gasteiger partial charge in [0.15, 0.2) is 18.9 Å². The molecule has 0 saturated heterocycles. The maximum Gasteiger partial charge on any atom is 0.330 e. The van der Waals surface area contributed by atoms with Gasteiger partial charge in [0.2, 0.25) is 15.8 Å². The van der Waals surface area contributed by atoms with E-state index in [0.717, 1.165) is 21.5 Å². The Kier molecular flexibility index (Phi) is 6.23. The summed E-state index contributed by atoms with van der Waals surface area (Å²) in [4.78, 5) is 25.7. The number of anilines is 1. The lowest BCUT2D eigenvalue weighted by molar-refractivity contribution is -0.143. The fourth-order valence-corrected chi connectivity index (χ4v) is 4.67. The predicted molar refractivity (Wildman–Crippen MR) is 120 cm³/mol. The molecule has 0 radical (unpaired) electrons. The Morgan fingerprint density at radius 1 is 1.12 bits per heavy atom. The third-order valence-corrected chi connectivity index (χ3v) is 7.13. The van der Waals surface area contributed by atoms with E-state index < -0.39 is 22.6 Å². The summed E-state index contributed by atoms with van der Waals surface area (Å²) in [5.74, 6) is -0.653. The van der Waals surface area contributed by atoms with Gasteiger partial charge in [0.1, 0.15) is 0 Å². The van der Waals surface area contributed by atoms with Crippen molar-refractivity contribution < 1.29 is 22.7 Å². The third kappa shape index (κ3) is 4.92. The van der Waals surface area contributed by atoms with Gasteiger partial charge in [-0.1, -0.05) is 29.8 Å². The molecule has 1 aliphatic rings. The zero-order valence-electron chi connectivity index (χ0n) is 18.3. The van der Waals surface area contributed by atoms with Crippen molar-refractivity contribution in [2.75, 3.05) is 23.2 Å². The van der Waals surface area contributed by atoms with Crippen molar-refractivity contribution in [3.8, 4) is 11.4 Å². The molecule has 0 atom stereocenters. The van der Waals surface area contributed by atoms with E-state index >= 15 is 0 Å². The maximum absolute atomic E-state index is 12.5. The van der Waals surface area contributed by atoms with Crippen molar-refractivity contribution >= 4 is 27.5 Å². The monoisotopic (exact) mass is 469 g/mol. The molecule has 2 aromatic carbocycles. The molecule has 0 unspecified atom stereocenters. The van der Waals surface area contributed by atoms with Crippen LogP contribution in [0.1, 0.15) is 28.4 Å². The number of hydrogen-bond donors (Lipinski definition) is 0. The molecule has 33 heavy (non-hydrogen) atoms. The summed E-state index contributed by atoms with van der Waals surface area (Å²) in [5, 5.41) is 11.9. The van der Waals surface area contributed by atoms with Gasteiger partial charge in [-0.15, -0.1) is 10.2 Å². The number of carbonyl (C=O) groups is 2. The van der Waals surface area contributed by atoms with E-state index in [4.69, 9.17) is 4.74 Å². The molecule has 0 bridgehead atoms. The quantitative estimate of drug-likeness (QED) is 0.361.